The lowest BCUT2D eigenvalue weighted by molar-refractivity contribution is -0.141. The monoisotopic (exact) mass is 644 g/mol. The summed E-state index contributed by atoms with van der Waals surface area (Å²) < 4.78 is 11.3. The van der Waals surface area contributed by atoms with E-state index in [0.29, 0.717) is 60.5 Å². The molecule has 0 aromatic heterocycles. The van der Waals surface area contributed by atoms with Gasteiger partial charge in [0.25, 0.3) is 5.91 Å². The van der Waals surface area contributed by atoms with Crippen LogP contribution in [0.15, 0.2) is 30.3 Å². The molecule has 42 heavy (non-hydrogen) atoms. The smallest absolute Gasteiger partial charge is 0.415 e. The highest BCUT2D eigenvalue weighted by molar-refractivity contribution is 8.93. The standard InChI is InChI=1S/C30H36N4O7.BrH/c1-6-40-25-13-18-15-33(26(31)19(18)14-20(25)27(36)32-5)16-23(35)17-9-10-24(21(12-17)30(2,3)4)41-29(39)34-11-7-8-22(34)28(37)38;/h9-10,12-14,22,31H,6-8,11,15-16H2,1-5H3,(H,32,36)(H,37,38);1H. The fourth-order valence-electron chi connectivity index (χ4n) is 5.19. The third kappa shape index (κ3) is 6.59. The van der Waals surface area contributed by atoms with Crippen molar-refractivity contribution in [2.24, 2.45) is 0 Å². The fraction of sp³-hybridized carbons (Fsp3) is 0.433. The highest BCUT2D eigenvalue weighted by atomic mass is 79.9. The molecule has 2 amide bonds. The molecular formula is C30H37BrN4O7. The van der Waals surface area contributed by atoms with Crippen LogP contribution in [0.4, 0.5) is 4.79 Å². The molecule has 1 fully saturated rings. The fourth-order valence-corrected chi connectivity index (χ4v) is 5.19. The molecule has 1 saturated heterocycles. The molecule has 2 aliphatic rings. The van der Waals surface area contributed by atoms with E-state index in [4.69, 9.17) is 14.9 Å². The summed E-state index contributed by atoms with van der Waals surface area (Å²) in [5.41, 5.74) is 2.21. The number of aliphatic carboxylic acids is 1. The molecule has 11 nitrogen and oxygen atoms in total. The van der Waals surface area contributed by atoms with Gasteiger partial charge in [0, 0.05) is 36.8 Å². The predicted octanol–water partition coefficient (Wildman–Crippen LogP) is 4.39. The number of benzene rings is 2. The summed E-state index contributed by atoms with van der Waals surface area (Å²) >= 11 is 0. The summed E-state index contributed by atoms with van der Waals surface area (Å²) in [5.74, 6) is -0.784. The van der Waals surface area contributed by atoms with Gasteiger partial charge in [-0.3, -0.25) is 19.9 Å². The molecule has 4 rings (SSSR count). The minimum absolute atomic E-state index is 0. The molecule has 0 aliphatic carbocycles. The number of nitrogens with zero attached hydrogens (tertiary/aromatic N) is 2. The first-order chi connectivity index (χ1) is 19.3. The topological polar surface area (TPSA) is 149 Å². The van der Waals surface area contributed by atoms with Gasteiger partial charge in [-0.15, -0.1) is 17.0 Å². The largest absolute Gasteiger partial charge is 0.493 e. The van der Waals surface area contributed by atoms with Crippen molar-refractivity contribution >= 4 is 46.6 Å². The van der Waals surface area contributed by atoms with E-state index < -0.39 is 23.5 Å². The quantitative estimate of drug-likeness (QED) is 0.358. The maximum absolute atomic E-state index is 13.4. The van der Waals surface area contributed by atoms with Gasteiger partial charge in [0.15, 0.2) is 5.78 Å². The number of carbonyl (C=O) groups excluding carboxylic acids is 3. The molecule has 2 aromatic rings. The van der Waals surface area contributed by atoms with E-state index >= 15 is 0 Å². The lowest BCUT2D eigenvalue weighted by atomic mass is 9.85. The number of Topliss-reactive ketones (excluding diaryl/α,β-unsaturated/α-hetero) is 1. The predicted molar refractivity (Wildman–Crippen MR) is 161 cm³/mol. The second-order valence-electron chi connectivity index (χ2n) is 11.2. The number of amidine groups is 1. The second-order valence-corrected chi connectivity index (χ2v) is 11.2. The number of carboxylic acid groups (broad SMARTS) is 1. The number of ketones is 1. The van der Waals surface area contributed by atoms with Gasteiger partial charge in [-0.2, -0.15) is 0 Å². The zero-order valence-corrected chi connectivity index (χ0v) is 26.1. The second kappa shape index (κ2) is 12.9. The van der Waals surface area contributed by atoms with Crippen molar-refractivity contribution in [1.29, 1.82) is 5.41 Å². The van der Waals surface area contributed by atoms with Gasteiger partial charge in [-0.05, 0) is 61.1 Å². The van der Waals surface area contributed by atoms with Crippen molar-refractivity contribution in [3.63, 3.8) is 0 Å². The SMILES string of the molecule is Br.CCOc1cc2c(cc1C(=O)NC)C(=N)N(CC(=O)c1ccc(OC(=O)N3CCCC3C(=O)O)c(C(C)(C)C)c1)C2. The molecule has 3 N–H and O–H groups in total. The third-order valence-electron chi connectivity index (χ3n) is 7.32. The zero-order chi connectivity index (χ0) is 30.1. The first-order valence-corrected chi connectivity index (χ1v) is 13.6. The average molecular weight is 646 g/mol. The Morgan fingerprint density at radius 2 is 1.83 bits per heavy atom. The molecule has 12 heteroatoms. The lowest BCUT2D eigenvalue weighted by Gasteiger charge is -2.26. The van der Waals surface area contributed by atoms with E-state index in [2.05, 4.69) is 5.32 Å². The van der Waals surface area contributed by atoms with Crippen LogP contribution in [0.5, 0.6) is 11.5 Å². The Labute approximate surface area is 255 Å². The van der Waals surface area contributed by atoms with Gasteiger partial charge in [0.05, 0.1) is 18.7 Å². The number of ether oxygens (including phenoxy) is 2. The molecular weight excluding hydrogens is 608 g/mol. The summed E-state index contributed by atoms with van der Waals surface area (Å²) in [6.07, 6.45) is 0.228. The Morgan fingerprint density at radius 1 is 1.12 bits per heavy atom. The minimum atomic E-state index is -1.06. The number of rotatable bonds is 8. The molecule has 0 bridgehead atoms. The molecule has 0 saturated carbocycles. The Hall–Kier alpha value is -3.93. The van der Waals surface area contributed by atoms with E-state index in [1.54, 1.807) is 35.2 Å². The van der Waals surface area contributed by atoms with Gasteiger partial charge in [-0.1, -0.05) is 20.8 Å². The van der Waals surface area contributed by atoms with Crippen LogP contribution < -0.4 is 14.8 Å². The number of likely N-dealkylation sites (tertiary alicyclic amines) is 1. The molecule has 1 atom stereocenters. The van der Waals surface area contributed by atoms with Crippen molar-refractivity contribution in [3.05, 3.63) is 58.1 Å². The average Bonchev–Trinajstić information content (AvgIpc) is 3.53. The highest BCUT2D eigenvalue weighted by Crippen LogP contribution is 2.34. The van der Waals surface area contributed by atoms with E-state index in [1.807, 2.05) is 27.7 Å². The van der Waals surface area contributed by atoms with Crippen LogP contribution >= 0.6 is 17.0 Å². The molecule has 0 spiro atoms. The number of nitrogens with one attached hydrogen (secondary N) is 2. The Kier molecular flexibility index (Phi) is 10.0. The summed E-state index contributed by atoms with van der Waals surface area (Å²) in [6, 6.07) is 7.28. The maximum Gasteiger partial charge on any atom is 0.415 e. The van der Waals surface area contributed by atoms with Crippen molar-refractivity contribution in [2.45, 2.75) is 58.5 Å². The summed E-state index contributed by atoms with van der Waals surface area (Å²) in [7, 11) is 1.53. The zero-order valence-electron chi connectivity index (χ0n) is 24.4. The van der Waals surface area contributed by atoms with Crippen molar-refractivity contribution in [1.82, 2.24) is 15.1 Å². The minimum Gasteiger partial charge on any atom is -0.493 e. The summed E-state index contributed by atoms with van der Waals surface area (Å²) in [6.45, 7) is 8.54. The van der Waals surface area contributed by atoms with Crippen molar-refractivity contribution in [2.75, 3.05) is 26.7 Å². The van der Waals surface area contributed by atoms with Crippen LogP contribution in [0.1, 0.15) is 77.9 Å². The number of hydrogen-bond donors (Lipinski definition) is 3. The number of halogens is 1. The normalized spacial score (nSPS) is 16.0. The Balaban J connectivity index is 0.00000484. The van der Waals surface area contributed by atoms with Crippen LogP contribution in [-0.2, 0) is 16.8 Å². The first-order valence-electron chi connectivity index (χ1n) is 13.6. The van der Waals surface area contributed by atoms with E-state index in [0.717, 1.165) is 5.56 Å². The summed E-state index contributed by atoms with van der Waals surface area (Å²) in [5, 5.41) is 20.7. The first kappa shape index (κ1) is 32.6. The number of hydrogen-bond acceptors (Lipinski definition) is 7. The maximum atomic E-state index is 13.4. The van der Waals surface area contributed by atoms with Crippen LogP contribution in [0.25, 0.3) is 0 Å². The van der Waals surface area contributed by atoms with E-state index in [-0.39, 0.29) is 46.8 Å². The molecule has 2 heterocycles. The molecule has 2 aliphatic heterocycles. The number of amides is 2. The van der Waals surface area contributed by atoms with E-state index in [1.165, 1.54) is 11.9 Å². The summed E-state index contributed by atoms with van der Waals surface area (Å²) in [4.78, 5) is 53.1. The van der Waals surface area contributed by atoms with Crippen LogP contribution in [-0.4, -0.2) is 77.3 Å². The molecule has 226 valence electrons. The van der Waals surface area contributed by atoms with Crippen LogP contribution in [0.3, 0.4) is 0 Å². The molecule has 1 unspecified atom stereocenters. The van der Waals surface area contributed by atoms with Gasteiger partial charge < -0.3 is 24.8 Å². The lowest BCUT2D eigenvalue weighted by Crippen LogP contribution is -2.42. The van der Waals surface area contributed by atoms with E-state index in [9.17, 15) is 24.3 Å². The Morgan fingerprint density at radius 3 is 2.45 bits per heavy atom. The number of carboxylic acids is 1. The van der Waals surface area contributed by atoms with Crippen LogP contribution in [0.2, 0.25) is 0 Å². The van der Waals surface area contributed by atoms with Gasteiger partial charge in [0.2, 0.25) is 0 Å². The van der Waals surface area contributed by atoms with Crippen LogP contribution in [0, 0.1) is 5.41 Å². The highest BCUT2D eigenvalue weighted by Gasteiger charge is 2.36. The molecule has 2 aromatic carbocycles. The molecule has 0 radical (unpaired) electrons. The van der Waals surface area contributed by atoms with Crippen molar-refractivity contribution < 1.29 is 33.8 Å². The number of fused-ring (bicyclic) bond motifs is 1. The van der Waals surface area contributed by atoms with Crippen molar-refractivity contribution in [3.8, 4) is 11.5 Å². The number of carbonyl (C=O) groups is 4. The third-order valence-corrected chi connectivity index (χ3v) is 7.32. The van der Waals surface area contributed by atoms with Gasteiger partial charge >= 0.3 is 12.1 Å². The van der Waals surface area contributed by atoms with Gasteiger partial charge in [-0.25, -0.2) is 9.59 Å². The van der Waals surface area contributed by atoms with Gasteiger partial charge in [0.1, 0.15) is 23.4 Å². The Bertz CT molecular complexity index is 1420.